The fourth-order valence-electron chi connectivity index (χ4n) is 5.56. The highest BCUT2D eigenvalue weighted by Crippen LogP contribution is 2.47. The molecular weight excluding hydrogens is 447 g/mol. The number of aromatic nitrogens is 5. The van der Waals surface area contributed by atoms with Crippen molar-refractivity contribution >= 4 is 5.82 Å². The van der Waals surface area contributed by atoms with Gasteiger partial charge in [-0.15, -0.1) is 10.2 Å². The number of anilines is 1. The molecule has 34 heavy (non-hydrogen) atoms. The number of aromatic amines is 1. The van der Waals surface area contributed by atoms with Crippen molar-refractivity contribution < 1.29 is 18.3 Å². The lowest BCUT2D eigenvalue weighted by atomic mass is 9.85. The lowest BCUT2D eigenvalue weighted by Crippen LogP contribution is -2.60. The predicted molar refractivity (Wildman–Crippen MR) is 118 cm³/mol. The second-order valence-electron chi connectivity index (χ2n) is 9.42. The molecule has 2 aromatic heterocycles. The molecule has 0 amide bonds. The van der Waals surface area contributed by atoms with E-state index in [4.69, 9.17) is 0 Å². The molecule has 0 spiro atoms. The number of alkyl halides is 3. The summed E-state index contributed by atoms with van der Waals surface area (Å²) in [4.78, 5) is 6.19. The van der Waals surface area contributed by atoms with Gasteiger partial charge in [0.25, 0.3) is 0 Å². The number of H-pyrrole nitrogens is 1. The smallest absolute Gasteiger partial charge is 0.395 e. The Morgan fingerprint density at radius 1 is 1.03 bits per heavy atom. The van der Waals surface area contributed by atoms with E-state index in [1.54, 1.807) is 24.5 Å². The van der Waals surface area contributed by atoms with Gasteiger partial charge in [-0.1, -0.05) is 6.07 Å². The average molecular weight is 471 g/mol. The van der Waals surface area contributed by atoms with E-state index in [1.165, 1.54) is 6.20 Å². The van der Waals surface area contributed by atoms with Crippen LogP contribution >= 0.6 is 0 Å². The standard InChI is InChI=1S/C23H24F3N7O/c24-23(25,26)21-17-6-2-14(30-17)8-18(21)33(15-3-4-15)20-11-27-22(32-31-20)16-5-1-12(7-19(16)34)13-9-28-29-10-13/h1,5,7,9-11,14-15,17-18,21,30,34H,2-4,6,8H2,(H,28,29)/t14-,17+,18+,21-/m1/s1. The topological polar surface area (TPSA) is 103 Å². The number of rotatable bonds is 5. The number of hydrogen-bond donors (Lipinski definition) is 3. The van der Waals surface area contributed by atoms with E-state index in [1.807, 2.05) is 11.0 Å². The Balaban J connectivity index is 1.30. The van der Waals surface area contributed by atoms with Crippen LogP contribution in [0.15, 0.2) is 36.8 Å². The molecule has 1 aromatic carbocycles. The second-order valence-corrected chi connectivity index (χ2v) is 9.42. The van der Waals surface area contributed by atoms with Crippen molar-refractivity contribution in [3.63, 3.8) is 0 Å². The first-order valence-corrected chi connectivity index (χ1v) is 11.5. The fourth-order valence-corrected chi connectivity index (χ4v) is 5.56. The van der Waals surface area contributed by atoms with Crippen LogP contribution in [0.4, 0.5) is 19.0 Å². The SMILES string of the molecule is Oc1cc(-c2cn[nH]c2)ccc1-c1ncc(N(C2CC2)[C@H]2C[C@H]3CC[C@H](N3)[C@H]2C(F)(F)F)nn1. The number of phenols is 1. The Kier molecular flexibility index (Phi) is 4.98. The van der Waals surface area contributed by atoms with E-state index in [0.29, 0.717) is 24.2 Å². The summed E-state index contributed by atoms with van der Waals surface area (Å²) < 4.78 is 42.4. The van der Waals surface area contributed by atoms with E-state index < -0.39 is 24.2 Å². The van der Waals surface area contributed by atoms with Crippen LogP contribution in [0.25, 0.3) is 22.5 Å². The largest absolute Gasteiger partial charge is 0.507 e. The van der Waals surface area contributed by atoms with Gasteiger partial charge < -0.3 is 15.3 Å². The number of halogens is 3. The first kappa shape index (κ1) is 21.3. The molecule has 3 fully saturated rings. The number of aromatic hydroxyl groups is 1. The third-order valence-electron chi connectivity index (χ3n) is 7.21. The van der Waals surface area contributed by atoms with Crippen molar-refractivity contribution in [3.8, 4) is 28.3 Å². The molecule has 4 atom stereocenters. The Labute approximate surface area is 193 Å². The van der Waals surface area contributed by atoms with Gasteiger partial charge in [-0.05, 0) is 49.8 Å². The van der Waals surface area contributed by atoms with Crippen LogP contribution in [0.5, 0.6) is 5.75 Å². The zero-order valence-corrected chi connectivity index (χ0v) is 18.2. The highest BCUT2D eigenvalue weighted by molar-refractivity contribution is 5.72. The van der Waals surface area contributed by atoms with Gasteiger partial charge in [-0.3, -0.25) is 5.10 Å². The van der Waals surface area contributed by atoms with Gasteiger partial charge in [-0.2, -0.15) is 18.3 Å². The van der Waals surface area contributed by atoms with E-state index in [-0.39, 0.29) is 23.7 Å². The number of nitrogens with one attached hydrogen (secondary N) is 2. The molecule has 8 nitrogen and oxygen atoms in total. The van der Waals surface area contributed by atoms with E-state index in [0.717, 1.165) is 30.4 Å². The molecule has 3 aromatic rings. The Morgan fingerprint density at radius 2 is 1.88 bits per heavy atom. The lowest BCUT2D eigenvalue weighted by Gasteiger charge is -2.44. The molecule has 11 heteroatoms. The van der Waals surface area contributed by atoms with Crippen LogP contribution in [0.2, 0.25) is 0 Å². The second kappa shape index (κ2) is 7.93. The van der Waals surface area contributed by atoms with Crippen LogP contribution in [0.1, 0.15) is 32.1 Å². The van der Waals surface area contributed by atoms with E-state index >= 15 is 0 Å². The molecule has 6 rings (SSSR count). The molecule has 2 aliphatic heterocycles. The average Bonchev–Trinajstić information content (AvgIpc) is 3.34. The number of fused-ring (bicyclic) bond motifs is 2. The Morgan fingerprint density at radius 3 is 2.53 bits per heavy atom. The van der Waals surface area contributed by atoms with Crippen molar-refractivity contribution in [1.29, 1.82) is 0 Å². The molecule has 2 bridgehead atoms. The van der Waals surface area contributed by atoms with Crippen LogP contribution in [0, 0.1) is 5.92 Å². The molecule has 1 aliphatic carbocycles. The number of hydrogen-bond acceptors (Lipinski definition) is 7. The number of nitrogens with zero attached hydrogens (tertiary/aromatic N) is 5. The van der Waals surface area contributed by atoms with Crippen molar-refractivity contribution in [2.45, 2.75) is 62.4 Å². The highest BCUT2D eigenvalue weighted by atomic mass is 19.4. The third-order valence-corrected chi connectivity index (χ3v) is 7.21. The molecule has 1 saturated carbocycles. The zero-order chi connectivity index (χ0) is 23.4. The Hall–Kier alpha value is -3.21. The number of phenolic OH excluding ortho intramolecular Hbond substituents is 1. The first-order chi connectivity index (χ1) is 16.4. The van der Waals surface area contributed by atoms with Crippen molar-refractivity contribution in [2.75, 3.05) is 4.90 Å². The van der Waals surface area contributed by atoms with Crippen LogP contribution in [-0.2, 0) is 0 Å². The monoisotopic (exact) mass is 471 g/mol. The summed E-state index contributed by atoms with van der Waals surface area (Å²) >= 11 is 0. The van der Waals surface area contributed by atoms with Gasteiger partial charge in [0.2, 0.25) is 0 Å². The summed E-state index contributed by atoms with van der Waals surface area (Å²) in [6.45, 7) is 0. The summed E-state index contributed by atoms with van der Waals surface area (Å²) in [5, 5.41) is 28.8. The van der Waals surface area contributed by atoms with Crippen molar-refractivity contribution in [1.82, 2.24) is 30.7 Å². The van der Waals surface area contributed by atoms with Gasteiger partial charge in [0.1, 0.15) is 5.75 Å². The molecular formula is C23H24F3N7O. The maximum Gasteiger partial charge on any atom is 0.395 e. The molecule has 0 unspecified atom stereocenters. The quantitative estimate of drug-likeness (QED) is 0.522. The number of piperidine rings is 1. The summed E-state index contributed by atoms with van der Waals surface area (Å²) in [6.07, 6.45) is 3.97. The van der Waals surface area contributed by atoms with Gasteiger partial charge >= 0.3 is 6.18 Å². The van der Waals surface area contributed by atoms with Gasteiger partial charge in [0.15, 0.2) is 11.6 Å². The normalized spacial score (nSPS) is 26.6. The molecule has 0 radical (unpaired) electrons. The minimum atomic E-state index is -4.30. The first-order valence-electron chi connectivity index (χ1n) is 11.5. The fraction of sp³-hybridized carbons (Fsp3) is 0.478. The maximum absolute atomic E-state index is 14.1. The molecule has 3 N–H and O–H groups in total. The molecule has 4 heterocycles. The lowest BCUT2D eigenvalue weighted by molar-refractivity contribution is -0.191. The zero-order valence-electron chi connectivity index (χ0n) is 18.2. The summed E-state index contributed by atoms with van der Waals surface area (Å²) in [5.74, 6) is -0.887. The Bertz CT molecular complexity index is 1160. The minimum Gasteiger partial charge on any atom is -0.507 e. The molecule has 178 valence electrons. The van der Waals surface area contributed by atoms with Gasteiger partial charge in [-0.25, -0.2) is 4.98 Å². The number of benzene rings is 1. The molecule has 2 saturated heterocycles. The van der Waals surface area contributed by atoms with E-state index in [2.05, 4.69) is 30.7 Å². The van der Waals surface area contributed by atoms with Crippen molar-refractivity contribution in [2.24, 2.45) is 5.92 Å². The van der Waals surface area contributed by atoms with Crippen LogP contribution < -0.4 is 10.2 Å². The van der Waals surface area contributed by atoms with Crippen LogP contribution in [0.3, 0.4) is 0 Å². The third kappa shape index (κ3) is 3.77. The predicted octanol–water partition coefficient (Wildman–Crippen LogP) is 3.67. The minimum absolute atomic E-state index is 0.0145. The van der Waals surface area contributed by atoms with Gasteiger partial charge in [0.05, 0.1) is 23.9 Å². The molecule has 3 aliphatic rings. The van der Waals surface area contributed by atoms with Crippen LogP contribution in [-0.4, -0.2) is 60.8 Å². The van der Waals surface area contributed by atoms with Gasteiger partial charge in [0, 0.05) is 35.9 Å². The summed E-state index contributed by atoms with van der Waals surface area (Å²) in [7, 11) is 0. The summed E-state index contributed by atoms with van der Waals surface area (Å²) in [5.41, 5.74) is 2.00. The van der Waals surface area contributed by atoms with Crippen molar-refractivity contribution in [3.05, 3.63) is 36.8 Å². The maximum atomic E-state index is 14.1. The highest BCUT2D eigenvalue weighted by Gasteiger charge is 2.57. The van der Waals surface area contributed by atoms with E-state index in [9.17, 15) is 18.3 Å². The summed E-state index contributed by atoms with van der Waals surface area (Å²) in [6, 6.07) is 3.97.